The molecule has 1 aromatic heterocycles. The van der Waals surface area contributed by atoms with E-state index in [2.05, 4.69) is 36.7 Å². The Hall–Kier alpha value is -0.760. The Kier molecular flexibility index (Phi) is 3.62. The maximum atomic E-state index is 6.05. The van der Waals surface area contributed by atoms with E-state index in [-0.39, 0.29) is 5.41 Å². The van der Waals surface area contributed by atoms with Gasteiger partial charge in [-0.2, -0.15) is 0 Å². The maximum Gasteiger partial charge on any atom is 0.134 e. The summed E-state index contributed by atoms with van der Waals surface area (Å²) >= 11 is 6.05. The third kappa shape index (κ3) is 2.92. The topological polar surface area (TPSA) is 16.1 Å². The normalized spacial score (nSPS) is 17.3. The fourth-order valence-electron chi connectivity index (χ4n) is 2.36. The monoisotopic (exact) mass is 252 g/mol. The standard InChI is InChI=1S/C14H21ClN2/c1-14(2,3)11-7-8-12(15)16-13(11)17-9-5-4-6-10-17/h7-8H,4-6,9-10H2,1-3H3. The molecule has 0 aliphatic carbocycles. The van der Waals surface area contributed by atoms with Gasteiger partial charge in [0.25, 0.3) is 0 Å². The van der Waals surface area contributed by atoms with Gasteiger partial charge in [-0.05, 0) is 30.7 Å². The van der Waals surface area contributed by atoms with Crippen molar-refractivity contribution in [2.45, 2.75) is 45.4 Å². The number of rotatable bonds is 1. The first-order valence-corrected chi connectivity index (χ1v) is 6.78. The maximum absolute atomic E-state index is 6.05. The van der Waals surface area contributed by atoms with Crippen LogP contribution >= 0.6 is 11.6 Å². The van der Waals surface area contributed by atoms with Gasteiger partial charge in [-0.3, -0.25) is 0 Å². The van der Waals surface area contributed by atoms with Gasteiger partial charge in [0.1, 0.15) is 11.0 Å². The lowest BCUT2D eigenvalue weighted by Gasteiger charge is -2.32. The van der Waals surface area contributed by atoms with Gasteiger partial charge in [0.2, 0.25) is 0 Å². The van der Waals surface area contributed by atoms with Crippen molar-refractivity contribution in [1.29, 1.82) is 0 Å². The van der Waals surface area contributed by atoms with Crippen LogP contribution < -0.4 is 4.90 Å². The lowest BCUT2D eigenvalue weighted by atomic mass is 9.87. The van der Waals surface area contributed by atoms with Crippen molar-refractivity contribution in [3.63, 3.8) is 0 Å². The van der Waals surface area contributed by atoms with Crippen molar-refractivity contribution in [2.75, 3.05) is 18.0 Å². The predicted octanol–water partition coefficient (Wildman–Crippen LogP) is 4.02. The van der Waals surface area contributed by atoms with E-state index in [9.17, 15) is 0 Å². The van der Waals surface area contributed by atoms with Crippen LogP contribution in [0.1, 0.15) is 45.6 Å². The lowest BCUT2D eigenvalue weighted by Crippen LogP contribution is -2.32. The molecule has 0 aromatic carbocycles. The Balaban J connectivity index is 2.39. The lowest BCUT2D eigenvalue weighted by molar-refractivity contribution is 0.550. The SMILES string of the molecule is CC(C)(C)c1ccc(Cl)nc1N1CCCCC1. The summed E-state index contributed by atoms with van der Waals surface area (Å²) in [5.41, 5.74) is 1.41. The fraction of sp³-hybridized carbons (Fsp3) is 0.643. The van der Waals surface area contributed by atoms with Crippen molar-refractivity contribution in [3.05, 3.63) is 22.8 Å². The van der Waals surface area contributed by atoms with Crippen LogP contribution in [0.2, 0.25) is 5.15 Å². The number of nitrogens with zero attached hydrogens (tertiary/aromatic N) is 2. The second-order valence-corrected chi connectivity index (χ2v) is 6.19. The predicted molar refractivity (Wildman–Crippen MR) is 74.0 cm³/mol. The molecule has 0 unspecified atom stereocenters. The molecular formula is C14H21ClN2. The molecule has 0 atom stereocenters. The summed E-state index contributed by atoms with van der Waals surface area (Å²) in [6.07, 6.45) is 3.86. The molecule has 1 aliphatic heterocycles. The molecule has 1 fully saturated rings. The van der Waals surface area contributed by atoms with Crippen LogP contribution in [-0.4, -0.2) is 18.1 Å². The van der Waals surface area contributed by atoms with Gasteiger partial charge in [-0.1, -0.05) is 38.4 Å². The van der Waals surface area contributed by atoms with Gasteiger partial charge in [0, 0.05) is 18.7 Å². The molecule has 1 saturated heterocycles. The van der Waals surface area contributed by atoms with Gasteiger partial charge in [0.05, 0.1) is 0 Å². The van der Waals surface area contributed by atoms with Crippen molar-refractivity contribution < 1.29 is 0 Å². The number of pyridine rings is 1. The summed E-state index contributed by atoms with van der Waals surface area (Å²) in [5, 5.41) is 0.596. The third-order valence-electron chi connectivity index (χ3n) is 3.30. The highest BCUT2D eigenvalue weighted by Crippen LogP contribution is 2.32. The Bertz CT molecular complexity index is 390. The Morgan fingerprint density at radius 3 is 2.35 bits per heavy atom. The van der Waals surface area contributed by atoms with Crippen molar-refractivity contribution >= 4 is 17.4 Å². The Labute approximate surface area is 109 Å². The average Bonchev–Trinajstić information content (AvgIpc) is 2.28. The second-order valence-electron chi connectivity index (χ2n) is 5.80. The molecule has 3 heteroatoms. The highest BCUT2D eigenvalue weighted by molar-refractivity contribution is 6.29. The van der Waals surface area contributed by atoms with Crippen LogP contribution in [0.4, 0.5) is 5.82 Å². The number of hydrogen-bond acceptors (Lipinski definition) is 2. The molecule has 2 rings (SSSR count). The zero-order valence-electron chi connectivity index (χ0n) is 11.0. The van der Waals surface area contributed by atoms with Gasteiger partial charge in [-0.25, -0.2) is 4.98 Å². The van der Waals surface area contributed by atoms with E-state index in [0.29, 0.717) is 5.15 Å². The number of piperidine rings is 1. The van der Waals surface area contributed by atoms with E-state index < -0.39 is 0 Å². The summed E-state index contributed by atoms with van der Waals surface area (Å²) < 4.78 is 0. The zero-order valence-corrected chi connectivity index (χ0v) is 11.7. The zero-order chi connectivity index (χ0) is 12.5. The molecule has 17 heavy (non-hydrogen) atoms. The van der Waals surface area contributed by atoms with E-state index in [1.807, 2.05) is 6.07 Å². The smallest absolute Gasteiger partial charge is 0.134 e. The summed E-state index contributed by atoms with van der Waals surface area (Å²) in [6.45, 7) is 8.90. The number of aromatic nitrogens is 1. The van der Waals surface area contributed by atoms with Gasteiger partial charge in [-0.15, -0.1) is 0 Å². The Morgan fingerprint density at radius 2 is 1.76 bits per heavy atom. The molecular weight excluding hydrogens is 232 g/mol. The molecule has 94 valence electrons. The molecule has 0 radical (unpaired) electrons. The fourth-order valence-corrected chi connectivity index (χ4v) is 2.50. The molecule has 0 bridgehead atoms. The van der Waals surface area contributed by atoms with E-state index >= 15 is 0 Å². The summed E-state index contributed by atoms with van der Waals surface area (Å²) in [5.74, 6) is 1.09. The highest BCUT2D eigenvalue weighted by atomic mass is 35.5. The highest BCUT2D eigenvalue weighted by Gasteiger charge is 2.23. The first-order valence-electron chi connectivity index (χ1n) is 6.40. The quantitative estimate of drug-likeness (QED) is 0.702. The van der Waals surface area contributed by atoms with Crippen LogP contribution in [0.15, 0.2) is 12.1 Å². The summed E-state index contributed by atoms with van der Waals surface area (Å²) in [6, 6.07) is 4.02. The van der Waals surface area contributed by atoms with Crippen LogP contribution in [0, 0.1) is 0 Å². The minimum Gasteiger partial charge on any atom is -0.356 e. The van der Waals surface area contributed by atoms with E-state index in [1.54, 1.807) is 0 Å². The summed E-state index contributed by atoms with van der Waals surface area (Å²) in [7, 11) is 0. The van der Waals surface area contributed by atoms with Gasteiger partial charge >= 0.3 is 0 Å². The van der Waals surface area contributed by atoms with E-state index in [4.69, 9.17) is 11.6 Å². The minimum atomic E-state index is 0.115. The summed E-state index contributed by atoms with van der Waals surface area (Å²) in [4.78, 5) is 6.94. The molecule has 1 aliphatic rings. The number of anilines is 1. The Morgan fingerprint density at radius 1 is 1.12 bits per heavy atom. The molecule has 0 saturated carbocycles. The van der Waals surface area contributed by atoms with Crippen LogP contribution in [0.25, 0.3) is 0 Å². The average molecular weight is 253 g/mol. The van der Waals surface area contributed by atoms with Crippen LogP contribution in [0.5, 0.6) is 0 Å². The first kappa shape index (κ1) is 12.7. The van der Waals surface area contributed by atoms with Gasteiger partial charge in [0.15, 0.2) is 0 Å². The first-order chi connectivity index (χ1) is 7.98. The minimum absolute atomic E-state index is 0.115. The third-order valence-corrected chi connectivity index (χ3v) is 3.52. The molecule has 0 spiro atoms. The van der Waals surface area contributed by atoms with Crippen molar-refractivity contribution in [1.82, 2.24) is 4.98 Å². The van der Waals surface area contributed by atoms with Crippen molar-refractivity contribution in [3.8, 4) is 0 Å². The van der Waals surface area contributed by atoms with Gasteiger partial charge < -0.3 is 4.90 Å². The number of hydrogen-bond donors (Lipinski definition) is 0. The molecule has 0 N–H and O–H groups in total. The largest absolute Gasteiger partial charge is 0.356 e. The van der Waals surface area contributed by atoms with Crippen molar-refractivity contribution in [2.24, 2.45) is 0 Å². The molecule has 2 nitrogen and oxygen atoms in total. The van der Waals surface area contributed by atoms with Crippen LogP contribution in [-0.2, 0) is 5.41 Å². The number of halogens is 1. The molecule has 1 aromatic rings. The molecule has 2 heterocycles. The second kappa shape index (κ2) is 4.85. The van der Waals surface area contributed by atoms with E-state index in [0.717, 1.165) is 18.9 Å². The van der Waals surface area contributed by atoms with Crippen LogP contribution in [0.3, 0.4) is 0 Å². The van der Waals surface area contributed by atoms with E-state index in [1.165, 1.54) is 24.8 Å². The molecule has 0 amide bonds.